The number of carbonyl (C=O) groups is 1. The standard InChI is InChI=1S/C10H10N2O2S/c1-7-2-3-9(15-7)6-12-5-8(4-11-12)10(13)14/h2-5H,6H2,1H3,(H,13,14). The van der Waals surface area contributed by atoms with Gasteiger partial charge in [-0.1, -0.05) is 0 Å². The van der Waals surface area contributed by atoms with Crippen molar-refractivity contribution in [1.82, 2.24) is 9.78 Å². The van der Waals surface area contributed by atoms with Gasteiger partial charge in [0.2, 0.25) is 0 Å². The topological polar surface area (TPSA) is 55.1 Å². The van der Waals surface area contributed by atoms with E-state index in [-0.39, 0.29) is 5.56 Å². The molecule has 0 saturated carbocycles. The van der Waals surface area contributed by atoms with Crippen LogP contribution in [0.25, 0.3) is 0 Å². The number of aromatic carboxylic acids is 1. The van der Waals surface area contributed by atoms with Crippen LogP contribution >= 0.6 is 11.3 Å². The number of thiophene rings is 1. The molecule has 5 heteroatoms. The molecule has 0 amide bonds. The van der Waals surface area contributed by atoms with E-state index in [4.69, 9.17) is 5.11 Å². The normalized spacial score (nSPS) is 10.5. The molecule has 0 spiro atoms. The van der Waals surface area contributed by atoms with E-state index in [1.54, 1.807) is 16.0 Å². The minimum atomic E-state index is -0.941. The van der Waals surface area contributed by atoms with E-state index in [0.717, 1.165) is 0 Å². The van der Waals surface area contributed by atoms with E-state index in [9.17, 15) is 4.79 Å². The average molecular weight is 222 g/mol. The highest BCUT2D eigenvalue weighted by Gasteiger charge is 2.06. The lowest BCUT2D eigenvalue weighted by atomic mass is 10.4. The minimum absolute atomic E-state index is 0.225. The van der Waals surface area contributed by atoms with Crippen LogP contribution in [0, 0.1) is 6.92 Å². The third kappa shape index (κ3) is 2.24. The molecular formula is C10H10N2O2S. The Morgan fingerprint density at radius 2 is 2.40 bits per heavy atom. The van der Waals surface area contributed by atoms with E-state index >= 15 is 0 Å². The zero-order valence-corrected chi connectivity index (χ0v) is 8.99. The first-order chi connectivity index (χ1) is 7.15. The fraction of sp³-hybridized carbons (Fsp3) is 0.200. The maximum Gasteiger partial charge on any atom is 0.338 e. The second-order valence-electron chi connectivity index (χ2n) is 3.24. The summed E-state index contributed by atoms with van der Waals surface area (Å²) in [7, 11) is 0. The number of hydrogen-bond acceptors (Lipinski definition) is 3. The van der Waals surface area contributed by atoms with Crippen LogP contribution in [0.5, 0.6) is 0 Å². The molecule has 0 radical (unpaired) electrons. The third-order valence-electron chi connectivity index (χ3n) is 1.99. The fourth-order valence-electron chi connectivity index (χ4n) is 1.29. The van der Waals surface area contributed by atoms with Crippen molar-refractivity contribution >= 4 is 17.3 Å². The van der Waals surface area contributed by atoms with E-state index in [0.29, 0.717) is 6.54 Å². The predicted molar refractivity (Wildman–Crippen MR) is 57.3 cm³/mol. The van der Waals surface area contributed by atoms with Gasteiger partial charge in [0.1, 0.15) is 0 Å². The summed E-state index contributed by atoms with van der Waals surface area (Å²) in [5.41, 5.74) is 0.225. The van der Waals surface area contributed by atoms with Crippen molar-refractivity contribution in [1.29, 1.82) is 0 Å². The Labute approximate surface area is 90.8 Å². The molecule has 0 unspecified atom stereocenters. The van der Waals surface area contributed by atoms with Crippen molar-refractivity contribution in [2.45, 2.75) is 13.5 Å². The predicted octanol–water partition coefficient (Wildman–Crippen LogP) is 2.00. The highest BCUT2D eigenvalue weighted by molar-refractivity contribution is 7.11. The van der Waals surface area contributed by atoms with Gasteiger partial charge in [0.05, 0.1) is 18.3 Å². The maximum absolute atomic E-state index is 10.6. The lowest BCUT2D eigenvalue weighted by Gasteiger charge is -1.96. The third-order valence-corrected chi connectivity index (χ3v) is 2.98. The van der Waals surface area contributed by atoms with Gasteiger partial charge in [0.15, 0.2) is 0 Å². The van der Waals surface area contributed by atoms with Crippen molar-refractivity contribution in [3.63, 3.8) is 0 Å². The van der Waals surface area contributed by atoms with Gasteiger partial charge < -0.3 is 5.11 Å². The van der Waals surface area contributed by atoms with Crippen LogP contribution in [0.1, 0.15) is 20.1 Å². The first-order valence-electron chi connectivity index (χ1n) is 4.46. The molecular weight excluding hydrogens is 212 g/mol. The van der Waals surface area contributed by atoms with Crippen molar-refractivity contribution in [3.8, 4) is 0 Å². The van der Waals surface area contributed by atoms with Crippen LogP contribution in [0.2, 0.25) is 0 Å². The summed E-state index contributed by atoms with van der Waals surface area (Å²) < 4.78 is 1.63. The summed E-state index contributed by atoms with van der Waals surface area (Å²) in [4.78, 5) is 13.0. The summed E-state index contributed by atoms with van der Waals surface area (Å²) in [6.07, 6.45) is 2.90. The van der Waals surface area contributed by atoms with E-state index in [1.165, 1.54) is 22.1 Å². The Morgan fingerprint density at radius 1 is 1.60 bits per heavy atom. The highest BCUT2D eigenvalue weighted by Crippen LogP contribution is 2.16. The summed E-state index contributed by atoms with van der Waals surface area (Å²) in [6.45, 7) is 2.67. The van der Waals surface area contributed by atoms with Gasteiger partial charge in [-0.05, 0) is 19.1 Å². The van der Waals surface area contributed by atoms with Crippen molar-refractivity contribution in [2.24, 2.45) is 0 Å². The van der Waals surface area contributed by atoms with E-state index < -0.39 is 5.97 Å². The highest BCUT2D eigenvalue weighted by atomic mass is 32.1. The minimum Gasteiger partial charge on any atom is -0.478 e. The molecule has 0 saturated heterocycles. The van der Waals surface area contributed by atoms with Crippen LogP contribution < -0.4 is 0 Å². The maximum atomic E-state index is 10.6. The van der Waals surface area contributed by atoms with Gasteiger partial charge in [0, 0.05) is 16.0 Å². The number of aryl methyl sites for hydroxylation is 1. The van der Waals surface area contributed by atoms with Crippen molar-refractivity contribution in [2.75, 3.05) is 0 Å². The van der Waals surface area contributed by atoms with Gasteiger partial charge in [-0.15, -0.1) is 11.3 Å². The SMILES string of the molecule is Cc1ccc(Cn2cc(C(=O)O)cn2)s1. The van der Waals surface area contributed by atoms with E-state index in [2.05, 4.69) is 5.10 Å². The number of rotatable bonds is 3. The zero-order valence-electron chi connectivity index (χ0n) is 8.17. The summed E-state index contributed by atoms with van der Waals surface area (Å²) in [6, 6.07) is 4.07. The zero-order chi connectivity index (χ0) is 10.8. The van der Waals surface area contributed by atoms with Gasteiger partial charge in [0.25, 0.3) is 0 Å². The summed E-state index contributed by atoms with van der Waals surface area (Å²) in [5.74, 6) is -0.941. The molecule has 78 valence electrons. The van der Waals surface area contributed by atoms with Crippen LogP contribution in [0.3, 0.4) is 0 Å². The van der Waals surface area contributed by atoms with Crippen molar-refractivity contribution < 1.29 is 9.90 Å². The number of carboxylic acid groups (broad SMARTS) is 1. The largest absolute Gasteiger partial charge is 0.478 e. The molecule has 0 aliphatic rings. The Morgan fingerprint density at radius 3 is 2.93 bits per heavy atom. The molecule has 2 aromatic heterocycles. The van der Waals surface area contributed by atoms with Gasteiger partial charge in [-0.25, -0.2) is 4.79 Å². The number of carboxylic acids is 1. The first-order valence-corrected chi connectivity index (χ1v) is 5.28. The molecule has 2 rings (SSSR count). The molecule has 0 aliphatic carbocycles. The average Bonchev–Trinajstić information content (AvgIpc) is 2.76. The molecule has 2 aromatic rings. The molecule has 0 fully saturated rings. The second-order valence-corrected chi connectivity index (χ2v) is 4.62. The number of hydrogen-bond donors (Lipinski definition) is 1. The molecule has 1 N–H and O–H groups in total. The Bertz CT molecular complexity index is 487. The number of aromatic nitrogens is 2. The molecule has 0 bridgehead atoms. The molecule has 4 nitrogen and oxygen atoms in total. The molecule has 15 heavy (non-hydrogen) atoms. The van der Waals surface area contributed by atoms with Gasteiger partial charge >= 0.3 is 5.97 Å². The molecule has 0 atom stereocenters. The smallest absolute Gasteiger partial charge is 0.338 e. The quantitative estimate of drug-likeness (QED) is 0.864. The summed E-state index contributed by atoms with van der Waals surface area (Å²) >= 11 is 1.69. The van der Waals surface area contributed by atoms with Crippen LogP contribution in [-0.2, 0) is 6.54 Å². The van der Waals surface area contributed by atoms with Crippen molar-refractivity contribution in [3.05, 3.63) is 39.8 Å². The lowest BCUT2D eigenvalue weighted by Crippen LogP contribution is -1.98. The molecule has 0 aliphatic heterocycles. The molecule has 0 aromatic carbocycles. The van der Waals surface area contributed by atoms with Crippen LogP contribution in [0.4, 0.5) is 0 Å². The van der Waals surface area contributed by atoms with Gasteiger partial charge in [-0.2, -0.15) is 5.10 Å². The van der Waals surface area contributed by atoms with Crippen LogP contribution in [0.15, 0.2) is 24.5 Å². The van der Waals surface area contributed by atoms with Gasteiger partial charge in [-0.3, -0.25) is 4.68 Å². The molecule has 2 heterocycles. The van der Waals surface area contributed by atoms with Crippen LogP contribution in [-0.4, -0.2) is 20.9 Å². The summed E-state index contributed by atoms with van der Waals surface area (Å²) in [5, 5.41) is 12.7. The Hall–Kier alpha value is -1.62. The Balaban J connectivity index is 2.14. The Kier molecular flexibility index (Phi) is 2.55. The second kappa shape index (κ2) is 3.86. The van der Waals surface area contributed by atoms with E-state index in [1.807, 2.05) is 19.1 Å². The monoisotopic (exact) mass is 222 g/mol. The first kappa shape index (κ1) is 9.92. The lowest BCUT2D eigenvalue weighted by molar-refractivity contribution is 0.0697. The fourth-order valence-corrected chi connectivity index (χ4v) is 2.17. The number of nitrogens with zero attached hydrogens (tertiary/aromatic N) is 2.